The number of hydrogen-bond donors (Lipinski definition) is 2. The molecule has 2 N–H and O–H groups in total. The summed E-state index contributed by atoms with van der Waals surface area (Å²) in [4.78, 5) is 26.1. The number of urea groups is 1. The molecule has 1 unspecified atom stereocenters. The van der Waals surface area contributed by atoms with Gasteiger partial charge in [0.2, 0.25) is 0 Å². The molecule has 106 valence electrons. The van der Waals surface area contributed by atoms with Gasteiger partial charge in [0, 0.05) is 29.8 Å². The van der Waals surface area contributed by atoms with Crippen LogP contribution >= 0.6 is 11.3 Å². The molecule has 0 aliphatic carbocycles. The third-order valence-corrected chi connectivity index (χ3v) is 3.94. The molecule has 19 heavy (non-hydrogen) atoms. The average molecular weight is 284 g/mol. The van der Waals surface area contributed by atoms with Crippen LogP contribution < -0.4 is 5.32 Å². The Morgan fingerprint density at radius 1 is 1.47 bits per heavy atom. The summed E-state index contributed by atoms with van der Waals surface area (Å²) in [5.74, 6) is -0.837. The summed E-state index contributed by atoms with van der Waals surface area (Å²) < 4.78 is 0. The minimum absolute atomic E-state index is 0.0341. The monoisotopic (exact) mass is 284 g/mol. The van der Waals surface area contributed by atoms with Crippen LogP contribution in [0.15, 0.2) is 12.1 Å². The molecule has 0 radical (unpaired) electrons. The highest BCUT2D eigenvalue weighted by Crippen LogP contribution is 2.22. The molecule has 1 aromatic rings. The number of aliphatic carboxylic acids is 1. The van der Waals surface area contributed by atoms with Gasteiger partial charge in [-0.25, -0.2) is 4.79 Å². The van der Waals surface area contributed by atoms with E-state index in [1.54, 1.807) is 18.4 Å². The molecule has 1 heterocycles. The Labute approximate surface area is 117 Å². The molecule has 5 nitrogen and oxygen atoms in total. The van der Waals surface area contributed by atoms with Crippen molar-refractivity contribution in [1.29, 1.82) is 0 Å². The van der Waals surface area contributed by atoms with E-state index in [1.165, 1.54) is 9.78 Å². The van der Waals surface area contributed by atoms with E-state index in [2.05, 4.69) is 5.32 Å². The third kappa shape index (κ3) is 5.30. The number of hydrogen-bond acceptors (Lipinski definition) is 3. The van der Waals surface area contributed by atoms with Gasteiger partial charge >= 0.3 is 12.0 Å². The van der Waals surface area contributed by atoms with Gasteiger partial charge in [-0.1, -0.05) is 0 Å². The minimum atomic E-state index is -0.837. The Morgan fingerprint density at radius 2 is 2.16 bits per heavy atom. The Bertz CT molecular complexity index is 445. The van der Waals surface area contributed by atoms with Gasteiger partial charge < -0.3 is 15.3 Å². The second kappa shape index (κ2) is 7.13. The molecule has 1 aromatic heterocycles. The van der Waals surface area contributed by atoms with Gasteiger partial charge in [-0.15, -0.1) is 11.3 Å². The molecule has 0 saturated carbocycles. The van der Waals surface area contributed by atoms with Gasteiger partial charge in [0.25, 0.3) is 0 Å². The van der Waals surface area contributed by atoms with E-state index in [-0.39, 0.29) is 18.5 Å². The first kappa shape index (κ1) is 15.5. The number of amides is 2. The summed E-state index contributed by atoms with van der Waals surface area (Å²) in [6, 6.07) is 3.83. The van der Waals surface area contributed by atoms with Crippen LogP contribution in [0.25, 0.3) is 0 Å². The lowest BCUT2D eigenvalue weighted by molar-refractivity contribution is -0.137. The molecule has 1 atom stereocenters. The number of nitrogens with one attached hydrogen (secondary N) is 1. The first-order chi connectivity index (χ1) is 8.90. The maximum Gasteiger partial charge on any atom is 0.317 e. The number of carboxylic acids is 1. The molecular weight excluding hydrogens is 264 g/mol. The lowest BCUT2D eigenvalue weighted by Gasteiger charge is -2.20. The first-order valence-electron chi connectivity index (χ1n) is 6.20. The smallest absolute Gasteiger partial charge is 0.317 e. The summed E-state index contributed by atoms with van der Waals surface area (Å²) in [5.41, 5.74) is 0. The zero-order valence-corrected chi connectivity index (χ0v) is 12.3. The maximum absolute atomic E-state index is 11.9. The Hall–Kier alpha value is -1.56. The zero-order valence-electron chi connectivity index (χ0n) is 11.5. The van der Waals surface area contributed by atoms with Gasteiger partial charge in [-0.3, -0.25) is 4.79 Å². The molecule has 0 aliphatic heterocycles. The fourth-order valence-electron chi connectivity index (χ4n) is 1.62. The molecule has 0 saturated heterocycles. The van der Waals surface area contributed by atoms with E-state index in [4.69, 9.17) is 5.11 Å². The summed E-state index contributed by atoms with van der Waals surface area (Å²) >= 11 is 1.66. The van der Waals surface area contributed by atoms with Crippen LogP contribution in [0, 0.1) is 6.92 Å². The maximum atomic E-state index is 11.9. The standard InChI is InChI=1S/C13H20N2O3S/c1-9-6-7-11(19-9)10(2)14-13(18)15(3)8-4-5-12(16)17/h6-7,10H,4-5,8H2,1-3H3,(H,14,18)(H,16,17). The normalized spacial score (nSPS) is 11.9. The van der Waals surface area contributed by atoms with E-state index in [0.717, 1.165) is 4.88 Å². The van der Waals surface area contributed by atoms with Crippen LogP contribution in [-0.2, 0) is 4.79 Å². The molecule has 2 amide bonds. The van der Waals surface area contributed by atoms with Crippen LogP contribution in [0.5, 0.6) is 0 Å². The van der Waals surface area contributed by atoms with E-state index >= 15 is 0 Å². The summed E-state index contributed by atoms with van der Waals surface area (Å²) in [6.07, 6.45) is 0.545. The molecular formula is C13H20N2O3S. The lowest BCUT2D eigenvalue weighted by Crippen LogP contribution is -2.39. The summed E-state index contributed by atoms with van der Waals surface area (Å²) in [5, 5.41) is 11.4. The van der Waals surface area contributed by atoms with Crippen molar-refractivity contribution >= 4 is 23.3 Å². The average Bonchev–Trinajstić information content (AvgIpc) is 2.75. The van der Waals surface area contributed by atoms with Crippen LogP contribution in [-0.4, -0.2) is 35.6 Å². The highest BCUT2D eigenvalue weighted by atomic mass is 32.1. The largest absolute Gasteiger partial charge is 0.481 e. The highest BCUT2D eigenvalue weighted by Gasteiger charge is 2.14. The SMILES string of the molecule is Cc1ccc(C(C)NC(=O)N(C)CCCC(=O)O)s1. The van der Waals surface area contributed by atoms with Gasteiger partial charge in [0.1, 0.15) is 0 Å². The molecule has 0 bridgehead atoms. The van der Waals surface area contributed by atoms with Gasteiger partial charge in [0.15, 0.2) is 0 Å². The number of carbonyl (C=O) groups excluding carboxylic acids is 1. The van der Waals surface area contributed by atoms with E-state index in [1.807, 2.05) is 26.0 Å². The number of carboxylic acid groups (broad SMARTS) is 1. The van der Waals surface area contributed by atoms with Crippen molar-refractivity contribution in [2.24, 2.45) is 0 Å². The lowest BCUT2D eigenvalue weighted by atomic mass is 10.2. The second-order valence-electron chi connectivity index (χ2n) is 4.54. The highest BCUT2D eigenvalue weighted by molar-refractivity contribution is 7.12. The number of aryl methyl sites for hydroxylation is 1. The van der Waals surface area contributed by atoms with Crippen LogP contribution in [0.1, 0.15) is 35.6 Å². The first-order valence-corrected chi connectivity index (χ1v) is 7.01. The summed E-state index contributed by atoms with van der Waals surface area (Å²) in [6.45, 7) is 4.41. The fraction of sp³-hybridized carbons (Fsp3) is 0.538. The van der Waals surface area contributed by atoms with Gasteiger partial charge in [0.05, 0.1) is 6.04 Å². The van der Waals surface area contributed by atoms with Gasteiger partial charge in [-0.05, 0) is 32.4 Å². The van der Waals surface area contributed by atoms with Crippen molar-refractivity contribution in [3.8, 4) is 0 Å². The predicted molar refractivity (Wildman–Crippen MR) is 75.5 cm³/mol. The van der Waals surface area contributed by atoms with Crippen molar-refractivity contribution < 1.29 is 14.7 Å². The Balaban J connectivity index is 2.39. The second-order valence-corrected chi connectivity index (χ2v) is 5.86. The van der Waals surface area contributed by atoms with Crippen molar-refractivity contribution in [2.45, 2.75) is 32.7 Å². The van der Waals surface area contributed by atoms with Crippen LogP contribution in [0.3, 0.4) is 0 Å². The molecule has 0 fully saturated rings. The number of carbonyl (C=O) groups is 2. The molecule has 0 spiro atoms. The molecule has 0 aromatic carbocycles. The van der Waals surface area contributed by atoms with Crippen molar-refractivity contribution in [3.05, 3.63) is 21.9 Å². The quantitative estimate of drug-likeness (QED) is 0.843. The number of thiophene rings is 1. The van der Waals surface area contributed by atoms with Gasteiger partial charge in [-0.2, -0.15) is 0 Å². The minimum Gasteiger partial charge on any atom is -0.481 e. The molecule has 0 aliphatic rings. The topological polar surface area (TPSA) is 69.6 Å². The number of rotatable bonds is 6. The predicted octanol–water partition coefficient (Wildman–Crippen LogP) is 2.62. The van der Waals surface area contributed by atoms with Crippen LogP contribution in [0.4, 0.5) is 4.79 Å². The zero-order chi connectivity index (χ0) is 14.4. The van der Waals surface area contributed by atoms with Crippen molar-refractivity contribution in [3.63, 3.8) is 0 Å². The van der Waals surface area contributed by atoms with E-state index in [0.29, 0.717) is 13.0 Å². The van der Waals surface area contributed by atoms with E-state index < -0.39 is 5.97 Å². The number of nitrogens with zero attached hydrogens (tertiary/aromatic N) is 1. The third-order valence-electron chi connectivity index (χ3n) is 2.76. The van der Waals surface area contributed by atoms with E-state index in [9.17, 15) is 9.59 Å². The molecule has 1 rings (SSSR count). The Kier molecular flexibility index (Phi) is 5.82. The van der Waals surface area contributed by atoms with Crippen molar-refractivity contribution in [1.82, 2.24) is 10.2 Å². The van der Waals surface area contributed by atoms with Crippen LogP contribution in [0.2, 0.25) is 0 Å². The molecule has 6 heteroatoms. The van der Waals surface area contributed by atoms with Crippen molar-refractivity contribution in [2.75, 3.05) is 13.6 Å². The fourth-order valence-corrected chi connectivity index (χ4v) is 2.50. The summed E-state index contributed by atoms with van der Waals surface area (Å²) in [7, 11) is 1.67. The Morgan fingerprint density at radius 3 is 2.68 bits per heavy atom.